The lowest BCUT2D eigenvalue weighted by Gasteiger charge is -2.19. The number of rotatable bonds is 9. The van der Waals surface area contributed by atoms with Crippen LogP contribution in [0.1, 0.15) is 31.9 Å². The van der Waals surface area contributed by atoms with E-state index in [1.807, 2.05) is 38.1 Å². The molecule has 0 saturated heterocycles. The van der Waals surface area contributed by atoms with E-state index in [9.17, 15) is 18.9 Å². The van der Waals surface area contributed by atoms with Gasteiger partial charge in [-0.1, -0.05) is 50.8 Å². The van der Waals surface area contributed by atoms with Crippen LogP contribution in [0.25, 0.3) is 22.0 Å². The number of pyridine rings is 1. The maximum atomic E-state index is 13.6. The summed E-state index contributed by atoms with van der Waals surface area (Å²) in [4.78, 5) is 17.6. The number of ether oxygens (including phenoxy) is 1. The van der Waals surface area contributed by atoms with Crippen LogP contribution in [0.15, 0.2) is 61.2 Å². The number of nitrogens with zero attached hydrogens (tertiary/aromatic N) is 1. The quantitative estimate of drug-likeness (QED) is 0.243. The van der Waals surface area contributed by atoms with Crippen LogP contribution in [0, 0.1) is 5.82 Å². The molecule has 3 unspecified atom stereocenters. The van der Waals surface area contributed by atoms with E-state index in [-0.39, 0.29) is 17.5 Å². The molecule has 0 aliphatic carbocycles. The third-order valence-electron chi connectivity index (χ3n) is 5.20. The van der Waals surface area contributed by atoms with E-state index in [2.05, 4.69) is 6.58 Å². The van der Waals surface area contributed by atoms with E-state index in [0.717, 1.165) is 5.39 Å². The maximum Gasteiger partial charge on any atom is 0.518 e. The van der Waals surface area contributed by atoms with Crippen molar-refractivity contribution >= 4 is 24.9 Å². The topological polar surface area (TPSA) is 85.7 Å². The van der Waals surface area contributed by atoms with Crippen molar-refractivity contribution in [2.45, 2.75) is 37.9 Å². The van der Waals surface area contributed by atoms with E-state index in [1.54, 1.807) is 12.1 Å². The van der Waals surface area contributed by atoms with Gasteiger partial charge in [-0.15, -0.1) is 4.52 Å². The molecule has 172 valence electrons. The number of aliphatic hydroxyl groups excluding tert-OH is 1. The van der Waals surface area contributed by atoms with E-state index < -0.39 is 32.2 Å². The fourth-order valence-corrected chi connectivity index (χ4v) is 4.37. The zero-order valence-corrected chi connectivity index (χ0v) is 19.6. The number of fused-ring (bicyclic) bond motifs is 1. The highest BCUT2D eigenvalue weighted by Crippen LogP contribution is 2.41. The molecule has 33 heavy (non-hydrogen) atoms. The summed E-state index contributed by atoms with van der Waals surface area (Å²) in [5.41, 5.74) is 1.61. The zero-order chi connectivity index (χ0) is 24.1. The highest BCUT2D eigenvalue weighted by molar-refractivity contribution is 7.40. The third-order valence-corrected chi connectivity index (χ3v) is 6.61. The molecule has 0 saturated carbocycles. The molecule has 3 aromatic rings. The highest BCUT2D eigenvalue weighted by atomic mass is 31.1. The molecule has 6 nitrogen and oxygen atoms in total. The van der Waals surface area contributed by atoms with Gasteiger partial charge in [-0.3, -0.25) is 4.79 Å². The number of carbonyl (C=O) groups is 1. The minimum atomic E-state index is -2.23. The lowest BCUT2D eigenvalue weighted by atomic mass is 9.95. The van der Waals surface area contributed by atoms with E-state index in [4.69, 9.17) is 14.2 Å². The molecule has 2 aromatic carbocycles. The molecule has 0 bridgehead atoms. The van der Waals surface area contributed by atoms with E-state index in [1.165, 1.54) is 25.3 Å². The Morgan fingerprint density at radius 1 is 1.21 bits per heavy atom. The summed E-state index contributed by atoms with van der Waals surface area (Å²) in [6, 6.07) is 13.3. The van der Waals surface area contributed by atoms with Crippen LogP contribution in [-0.2, 0) is 13.9 Å². The molecule has 0 fully saturated rings. The number of aromatic nitrogens is 1. The van der Waals surface area contributed by atoms with Crippen molar-refractivity contribution in [3.8, 4) is 16.9 Å². The number of para-hydroxylation sites is 1. The Balaban J connectivity index is 2.09. The van der Waals surface area contributed by atoms with E-state index in [0.29, 0.717) is 22.3 Å². The molecule has 0 spiro atoms. The van der Waals surface area contributed by atoms with Gasteiger partial charge in [0.25, 0.3) is 0 Å². The van der Waals surface area contributed by atoms with E-state index >= 15 is 0 Å². The second kappa shape index (κ2) is 10.8. The van der Waals surface area contributed by atoms with Crippen LogP contribution in [0.5, 0.6) is 5.75 Å². The molecule has 1 heterocycles. The number of carbonyl (C=O) groups excluding carboxylic acids is 1. The standard InChI is InChI=1S/C25H26FNO5P/c1-5-21(33(30)31-4)20(28)14-22(29)32-25-23(16-10-12-17(26)13-11-16)18-8-6-7-9-19(18)27-24(25)15(2)3/h5-13,15,20-21,28H,1,14H2,2-4H3/q+1. The van der Waals surface area contributed by atoms with Crippen LogP contribution >= 0.6 is 8.03 Å². The molecule has 1 N–H and O–H groups in total. The molecule has 1 aromatic heterocycles. The minimum absolute atomic E-state index is 0.0922. The Kier molecular flexibility index (Phi) is 8.03. The van der Waals surface area contributed by atoms with Crippen molar-refractivity contribution in [2.75, 3.05) is 7.11 Å². The van der Waals surface area contributed by atoms with Crippen molar-refractivity contribution < 1.29 is 28.1 Å². The Bertz CT molecular complexity index is 1180. The monoisotopic (exact) mass is 470 g/mol. The Morgan fingerprint density at radius 3 is 2.48 bits per heavy atom. The van der Waals surface area contributed by atoms with Gasteiger partial charge in [-0.05, 0) is 40.3 Å². The molecule has 0 aliphatic rings. The number of benzene rings is 2. The normalized spacial score (nSPS) is 13.6. The first-order valence-corrected chi connectivity index (χ1v) is 11.7. The highest BCUT2D eigenvalue weighted by Gasteiger charge is 2.37. The van der Waals surface area contributed by atoms with Gasteiger partial charge in [0, 0.05) is 10.9 Å². The van der Waals surface area contributed by atoms with Gasteiger partial charge in [0.15, 0.2) is 5.75 Å². The summed E-state index contributed by atoms with van der Waals surface area (Å²) in [5.74, 6) is -0.953. The number of aliphatic hydroxyl groups is 1. The van der Waals surface area contributed by atoms with Gasteiger partial charge in [0.1, 0.15) is 11.9 Å². The van der Waals surface area contributed by atoms with Crippen molar-refractivity contribution in [1.82, 2.24) is 4.98 Å². The Morgan fingerprint density at radius 2 is 1.88 bits per heavy atom. The summed E-state index contributed by atoms with van der Waals surface area (Å²) >= 11 is 0. The molecular formula is C25H26FNO5P+. The third kappa shape index (κ3) is 5.50. The molecule has 0 aliphatic heterocycles. The number of hydrogen-bond acceptors (Lipinski definition) is 6. The average Bonchev–Trinajstić information content (AvgIpc) is 2.79. The van der Waals surface area contributed by atoms with Crippen molar-refractivity contribution in [3.63, 3.8) is 0 Å². The van der Waals surface area contributed by atoms with Crippen molar-refractivity contribution in [3.05, 3.63) is 72.7 Å². The fraction of sp³-hybridized carbons (Fsp3) is 0.280. The summed E-state index contributed by atoms with van der Waals surface area (Å²) in [7, 11) is -0.976. The molecule has 3 rings (SSSR count). The molecule has 3 atom stereocenters. The Hall–Kier alpha value is -2.99. The van der Waals surface area contributed by atoms with Gasteiger partial charge >= 0.3 is 14.0 Å². The molecular weight excluding hydrogens is 444 g/mol. The first-order valence-electron chi connectivity index (χ1n) is 10.5. The first-order chi connectivity index (χ1) is 15.8. The zero-order valence-electron chi connectivity index (χ0n) is 18.7. The van der Waals surface area contributed by atoms with Crippen LogP contribution in [0.3, 0.4) is 0 Å². The molecule has 0 radical (unpaired) electrons. The smallest absolute Gasteiger partial charge is 0.424 e. The SMILES string of the molecule is C=CC(C(O)CC(=O)Oc1c(C(C)C)nc2ccccc2c1-c1ccc(F)cc1)[P+](=O)OC. The van der Waals surface area contributed by atoms with Gasteiger partial charge in [-0.25, -0.2) is 9.37 Å². The van der Waals surface area contributed by atoms with Gasteiger partial charge < -0.3 is 9.84 Å². The summed E-state index contributed by atoms with van der Waals surface area (Å²) in [6.07, 6.45) is -0.431. The largest absolute Gasteiger partial charge is 0.518 e. The Labute approximate surface area is 192 Å². The van der Waals surface area contributed by atoms with Crippen LogP contribution in [0.4, 0.5) is 4.39 Å². The number of halogens is 1. The van der Waals surface area contributed by atoms with Gasteiger partial charge in [-0.2, -0.15) is 0 Å². The van der Waals surface area contributed by atoms with Crippen molar-refractivity contribution in [2.24, 2.45) is 0 Å². The summed E-state index contributed by atoms with van der Waals surface area (Å²) in [6.45, 7) is 7.41. The second-order valence-electron chi connectivity index (χ2n) is 7.82. The first kappa shape index (κ1) is 24.6. The number of esters is 1. The fourth-order valence-electron chi connectivity index (χ4n) is 3.56. The molecule has 0 amide bonds. The predicted molar refractivity (Wildman–Crippen MR) is 126 cm³/mol. The summed E-state index contributed by atoms with van der Waals surface area (Å²) < 4.78 is 36.2. The maximum absolute atomic E-state index is 13.6. The summed E-state index contributed by atoms with van der Waals surface area (Å²) in [5, 5.41) is 11.2. The van der Waals surface area contributed by atoms with Gasteiger partial charge in [0.05, 0.1) is 24.7 Å². The second-order valence-corrected chi connectivity index (χ2v) is 9.35. The lowest BCUT2D eigenvalue weighted by Crippen LogP contribution is -2.27. The van der Waals surface area contributed by atoms with Crippen LogP contribution in [-0.4, -0.2) is 34.9 Å². The lowest BCUT2D eigenvalue weighted by molar-refractivity contribution is -0.136. The number of hydrogen-bond donors (Lipinski definition) is 1. The average molecular weight is 470 g/mol. The predicted octanol–water partition coefficient (Wildman–Crippen LogP) is 5.76. The minimum Gasteiger partial charge on any atom is -0.424 e. The molecule has 8 heteroatoms. The van der Waals surface area contributed by atoms with Crippen molar-refractivity contribution in [1.29, 1.82) is 0 Å². The van der Waals surface area contributed by atoms with Crippen LogP contribution < -0.4 is 4.74 Å². The van der Waals surface area contributed by atoms with Crippen LogP contribution in [0.2, 0.25) is 0 Å². The van der Waals surface area contributed by atoms with Gasteiger partial charge in [0.2, 0.25) is 5.66 Å².